The molecule has 1 aromatic carbocycles. The maximum absolute atomic E-state index is 12.8. The number of hydrogen-bond acceptors (Lipinski definition) is 6. The van der Waals surface area contributed by atoms with E-state index in [2.05, 4.69) is 28.0 Å². The van der Waals surface area contributed by atoms with Gasteiger partial charge in [0.25, 0.3) is 5.56 Å². The number of hydrogen-bond donors (Lipinski definition) is 1. The second-order valence-electron chi connectivity index (χ2n) is 10.8. The van der Waals surface area contributed by atoms with E-state index in [-0.39, 0.29) is 22.8 Å². The van der Waals surface area contributed by atoms with Gasteiger partial charge in [-0.15, -0.1) is 0 Å². The van der Waals surface area contributed by atoms with Crippen LogP contribution in [0.2, 0.25) is 0 Å². The lowest BCUT2D eigenvalue weighted by Gasteiger charge is -2.43. The zero-order chi connectivity index (χ0) is 25.5. The minimum absolute atomic E-state index is 0.0274. The number of likely N-dealkylation sites (tertiary alicyclic amines) is 1. The second-order valence-corrected chi connectivity index (χ2v) is 10.8. The summed E-state index contributed by atoms with van der Waals surface area (Å²) in [5.74, 6) is 0.569. The highest BCUT2D eigenvalue weighted by Crippen LogP contribution is 2.35. The molecule has 2 fully saturated rings. The number of aromatic hydroxyl groups is 1. The van der Waals surface area contributed by atoms with Crippen molar-refractivity contribution in [3.63, 3.8) is 0 Å². The number of ether oxygens (including phenoxy) is 1. The van der Waals surface area contributed by atoms with E-state index in [1.54, 1.807) is 12.1 Å². The van der Waals surface area contributed by atoms with Gasteiger partial charge in [0, 0.05) is 82.3 Å². The molecule has 3 aromatic rings. The van der Waals surface area contributed by atoms with Crippen LogP contribution in [-0.2, 0) is 31.4 Å². The minimum Gasteiger partial charge on any atom is -0.503 e. The average Bonchev–Trinajstić information content (AvgIpc) is 2.91. The number of rotatable bonds is 5. The van der Waals surface area contributed by atoms with Crippen LogP contribution in [0.5, 0.6) is 5.75 Å². The molecule has 3 aliphatic heterocycles. The Morgan fingerprint density at radius 2 is 1.78 bits per heavy atom. The van der Waals surface area contributed by atoms with Crippen molar-refractivity contribution in [1.29, 1.82) is 0 Å². The summed E-state index contributed by atoms with van der Waals surface area (Å²) in [5.41, 5.74) is 3.56. The van der Waals surface area contributed by atoms with E-state index in [9.17, 15) is 14.7 Å². The predicted molar refractivity (Wildman–Crippen MR) is 141 cm³/mol. The molecule has 3 atom stereocenters. The summed E-state index contributed by atoms with van der Waals surface area (Å²) >= 11 is 0. The first kappa shape index (κ1) is 24.2. The molecule has 3 aliphatic rings. The van der Waals surface area contributed by atoms with Crippen LogP contribution in [0.1, 0.15) is 41.1 Å². The number of nitrogens with zero attached hydrogens (tertiary/aromatic N) is 4. The third kappa shape index (κ3) is 4.77. The zero-order valence-electron chi connectivity index (χ0n) is 21.3. The molecule has 8 nitrogen and oxygen atoms in total. The van der Waals surface area contributed by atoms with Crippen molar-refractivity contribution in [3.8, 4) is 5.75 Å². The molecule has 0 amide bonds. The van der Waals surface area contributed by atoms with Crippen molar-refractivity contribution >= 4 is 0 Å². The first-order valence-corrected chi connectivity index (χ1v) is 13.2. The van der Waals surface area contributed by atoms with E-state index in [1.807, 2.05) is 40.4 Å². The summed E-state index contributed by atoms with van der Waals surface area (Å²) in [6.07, 6.45) is 1.07. The van der Waals surface area contributed by atoms with Gasteiger partial charge in [-0.3, -0.25) is 19.4 Å². The van der Waals surface area contributed by atoms with Crippen molar-refractivity contribution in [2.45, 2.75) is 38.1 Å². The number of piperidine rings is 1. The van der Waals surface area contributed by atoms with Crippen molar-refractivity contribution in [2.75, 3.05) is 32.8 Å². The van der Waals surface area contributed by atoms with Gasteiger partial charge in [-0.05, 0) is 24.0 Å². The Kier molecular flexibility index (Phi) is 6.48. The molecular weight excluding hydrogens is 468 g/mol. The van der Waals surface area contributed by atoms with Gasteiger partial charge < -0.3 is 19.0 Å². The smallest absolute Gasteiger partial charge is 0.250 e. The molecule has 0 radical (unpaired) electrons. The molecule has 0 saturated carbocycles. The van der Waals surface area contributed by atoms with Gasteiger partial charge >= 0.3 is 0 Å². The van der Waals surface area contributed by atoms with Crippen molar-refractivity contribution in [2.24, 2.45) is 13.0 Å². The summed E-state index contributed by atoms with van der Waals surface area (Å²) in [5, 5.41) is 10.8. The van der Waals surface area contributed by atoms with Crippen molar-refractivity contribution < 1.29 is 9.84 Å². The first-order chi connectivity index (χ1) is 18.0. The molecule has 3 unspecified atom stereocenters. The van der Waals surface area contributed by atoms with Crippen LogP contribution in [0, 0.1) is 5.92 Å². The maximum Gasteiger partial charge on any atom is 0.250 e. The van der Waals surface area contributed by atoms with E-state index < -0.39 is 0 Å². The van der Waals surface area contributed by atoms with E-state index >= 15 is 0 Å². The third-order valence-corrected chi connectivity index (χ3v) is 8.28. The Labute approximate surface area is 216 Å². The lowest BCUT2D eigenvalue weighted by molar-refractivity contribution is -0.0338. The molecule has 2 aromatic heterocycles. The molecular formula is C29H34N4O4. The molecule has 194 valence electrons. The van der Waals surface area contributed by atoms with E-state index in [0.29, 0.717) is 43.8 Å². The topological polar surface area (TPSA) is 79.9 Å². The second kappa shape index (κ2) is 9.93. The van der Waals surface area contributed by atoms with Gasteiger partial charge in [0.15, 0.2) is 5.75 Å². The largest absolute Gasteiger partial charge is 0.503 e. The Morgan fingerprint density at radius 1 is 0.946 bits per heavy atom. The lowest BCUT2D eigenvalue weighted by atomic mass is 9.83. The van der Waals surface area contributed by atoms with Gasteiger partial charge in [0.2, 0.25) is 5.43 Å². The van der Waals surface area contributed by atoms with E-state index in [1.165, 1.54) is 0 Å². The van der Waals surface area contributed by atoms with E-state index in [0.717, 1.165) is 49.6 Å². The van der Waals surface area contributed by atoms with Crippen LogP contribution in [0.25, 0.3) is 0 Å². The van der Waals surface area contributed by atoms with Gasteiger partial charge in [-0.2, -0.15) is 0 Å². The predicted octanol–water partition coefficient (Wildman–Crippen LogP) is 2.45. The fraction of sp³-hybridized carbons (Fsp3) is 0.448. The molecule has 0 aliphatic carbocycles. The Morgan fingerprint density at radius 3 is 2.62 bits per heavy atom. The van der Waals surface area contributed by atoms with Gasteiger partial charge in [-0.1, -0.05) is 36.4 Å². The zero-order valence-corrected chi connectivity index (χ0v) is 21.3. The van der Waals surface area contributed by atoms with E-state index in [4.69, 9.17) is 4.74 Å². The number of morpholine rings is 1. The fourth-order valence-corrected chi connectivity index (χ4v) is 6.40. The average molecular weight is 503 g/mol. The summed E-state index contributed by atoms with van der Waals surface area (Å²) in [7, 11) is 1.94. The number of benzene rings is 1. The molecule has 2 saturated heterocycles. The number of pyridine rings is 2. The lowest BCUT2D eigenvalue weighted by Crippen LogP contribution is -2.47. The molecule has 6 rings (SSSR count). The maximum atomic E-state index is 12.8. The van der Waals surface area contributed by atoms with Crippen molar-refractivity contribution in [3.05, 3.63) is 97.8 Å². The first-order valence-electron chi connectivity index (χ1n) is 13.2. The molecule has 8 heteroatoms. The monoisotopic (exact) mass is 502 g/mol. The standard InChI is InChI=1S/C29H34N4O4/c1-30-23(17-32-14-20-12-22(16-32)24-8-5-9-28(35)33(24)15-20)13-26(34)29(36)25(30)18-31-10-11-37-27(19-31)21-6-3-2-4-7-21/h2-9,13,20,22,27,36H,10-12,14-19H2,1H3. The fourth-order valence-electron chi connectivity index (χ4n) is 6.40. The number of aromatic nitrogens is 2. The Bertz CT molecular complexity index is 1400. The quantitative estimate of drug-likeness (QED) is 0.578. The summed E-state index contributed by atoms with van der Waals surface area (Å²) < 4.78 is 9.94. The Hall–Kier alpha value is -3.20. The molecule has 2 bridgehead atoms. The summed E-state index contributed by atoms with van der Waals surface area (Å²) in [4.78, 5) is 29.8. The highest BCUT2D eigenvalue weighted by atomic mass is 16.5. The Balaban J connectivity index is 1.21. The normalized spacial score (nSPS) is 24.1. The van der Waals surface area contributed by atoms with Gasteiger partial charge in [0.05, 0.1) is 18.4 Å². The SMILES string of the molecule is Cn1c(CN2CC3CC(C2)c2cccc(=O)n2C3)cc(=O)c(O)c1CN1CCOC(c2ccccc2)C1. The molecule has 0 spiro atoms. The molecule has 5 heterocycles. The summed E-state index contributed by atoms with van der Waals surface area (Å²) in [6.45, 7) is 5.68. The molecule has 1 N–H and O–H groups in total. The van der Waals surface area contributed by atoms with Crippen LogP contribution in [-0.4, -0.2) is 56.8 Å². The highest BCUT2D eigenvalue weighted by Gasteiger charge is 2.35. The van der Waals surface area contributed by atoms with Crippen LogP contribution >= 0.6 is 0 Å². The highest BCUT2D eigenvalue weighted by molar-refractivity contribution is 5.30. The van der Waals surface area contributed by atoms with Gasteiger partial charge in [0.1, 0.15) is 0 Å². The molecule has 37 heavy (non-hydrogen) atoms. The summed E-state index contributed by atoms with van der Waals surface area (Å²) in [6, 6.07) is 17.3. The van der Waals surface area contributed by atoms with Crippen LogP contribution in [0.15, 0.2) is 64.2 Å². The van der Waals surface area contributed by atoms with Crippen LogP contribution < -0.4 is 11.0 Å². The van der Waals surface area contributed by atoms with Crippen molar-refractivity contribution in [1.82, 2.24) is 18.9 Å². The van der Waals surface area contributed by atoms with Crippen LogP contribution in [0.4, 0.5) is 0 Å². The van der Waals surface area contributed by atoms with Crippen LogP contribution in [0.3, 0.4) is 0 Å². The third-order valence-electron chi connectivity index (χ3n) is 8.28. The number of fused-ring (bicyclic) bond motifs is 4. The minimum atomic E-state index is -0.329. The van der Waals surface area contributed by atoms with Gasteiger partial charge in [-0.25, -0.2) is 0 Å².